The first-order valence-corrected chi connectivity index (χ1v) is 14.7. The number of methoxy groups -OCH3 is 3. The molecule has 39 heavy (non-hydrogen) atoms. The van der Waals surface area contributed by atoms with Crippen LogP contribution >= 0.6 is 11.6 Å². The monoisotopic (exact) mass is 571 g/mol. The number of esters is 2. The molecule has 2 N–H and O–H groups in total. The molecule has 6 aliphatic rings. The molecular weight excluding hydrogens is 530 g/mol. The molecule has 1 saturated heterocycles. The second-order valence-electron chi connectivity index (χ2n) is 12.9. The van der Waals surface area contributed by atoms with E-state index in [9.17, 15) is 19.8 Å². The summed E-state index contributed by atoms with van der Waals surface area (Å²) in [5, 5.41) is 26.2. The van der Waals surface area contributed by atoms with E-state index in [-0.39, 0.29) is 30.1 Å². The average Bonchev–Trinajstić information content (AvgIpc) is 3.29. The lowest BCUT2D eigenvalue weighted by Gasteiger charge is -2.69. The standard InChI is InChI=1S/C28H42ClNO9/c1-6-30-12-25(13-35-3)8-7-18(39-19(32)11-29)27-16-9-15-17(36-4)10-26(33,20(16)21(15)38-14(2)31)28(34,24(27)30)23(37-5)22(25)27/h15-18,20-24,33-34H,6-13H2,1-5H3/t15-,16-,17+,18+,20-,21+,22-,23+,24+,25+,26-,27+,28-/m1/s1. The predicted molar refractivity (Wildman–Crippen MR) is 138 cm³/mol. The van der Waals surface area contributed by atoms with Gasteiger partial charge in [0.05, 0.1) is 24.9 Å². The molecule has 6 fully saturated rings. The van der Waals surface area contributed by atoms with Crippen molar-refractivity contribution in [3.63, 3.8) is 0 Å². The van der Waals surface area contributed by atoms with Crippen molar-refractivity contribution in [2.75, 3.05) is 46.9 Å². The summed E-state index contributed by atoms with van der Waals surface area (Å²) in [4.78, 5) is 27.4. The van der Waals surface area contributed by atoms with Crippen LogP contribution in [0.1, 0.15) is 39.5 Å². The van der Waals surface area contributed by atoms with Crippen molar-refractivity contribution in [2.24, 2.45) is 34.5 Å². The van der Waals surface area contributed by atoms with Gasteiger partial charge in [0.25, 0.3) is 0 Å². The maximum atomic E-state index is 13.2. The third kappa shape index (κ3) is 3.15. The summed E-state index contributed by atoms with van der Waals surface area (Å²) in [7, 11) is 4.88. The number of aliphatic hydroxyl groups is 2. The Kier molecular flexibility index (Phi) is 6.67. The van der Waals surface area contributed by atoms with E-state index in [1.165, 1.54) is 6.92 Å². The molecule has 5 aliphatic carbocycles. The number of carbonyl (C=O) groups is 2. The van der Waals surface area contributed by atoms with E-state index >= 15 is 0 Å². The van der Waals surface area contributed by atoms with Gasteiger partial charge in [-0.1, -0.05) is 6.92 Å². The Morgan fingerprint density at radius 1 is 1.13 bits per heavy atom. The van der Waals surface area contributed by atoms with Crippen LogP contribution in [0.5, 0.6) is 0 Å². The molecule has 0 aromatic rings. The topological polar surface area (TPSA) is 124 Å². The highest BCUT2D eigenvalue weighted by Gasteiger charge is 2.92. The fourth-order valence-electron chi connectivity index (χ4n) is 11.3. The predicted octanol–water partition coefficient (Wildman–Crippen LogP) is 0.977. The molecule has 6 rings (SSSR count). The first-order valence-electron chi connectivity index (χ1n) is 14.2. The quantitative estimate of drug-likeness (QED) is 0.322. The Hall–Kier alpha value is -1.01. The first-order chi connectivity index (χ1) is 18.5. The van der Waals surface area contributed by atoms with Crippen LogP contribution in [0.25, 0.3) is 0 Å². The molecular formula is C28H42ClNO9. The van der Waals surface area contributed by atoms with Gasteiger partial charge in [0.2, 0.25) is 0 Å². The zero-order valence-electron chi connectivity index (χ0n) is 23.4. The van der Waals surface area contributed by atoms with Crippen LogP contribution in [0.2, 0.25) is 0 Å². The molecule has 1 heterocycles. The molecule has 0 unspecified atom stereocenters. The van der Waals surface area contributed by atoms with E-state index in [1.54, 1.807) is 21.3 Å². The number of alkyl halides is 1. The minimum atomic E-state index is -1.75. The smallest absolute Gasteiger partial charge is 0.321 e. The van der Waals surface area contributed by atoms with E-state index in [1.807, 2.05) is 0 Å². The lowest BCUT2D eigenvalue weighted by Crippen LogP contribution is -2.82. The largest absolute Gasteiger partial charge is 0.462 e. The normalized spacial score (nSPS) is 53.0. The molecule has 13 atom stereocenters. The SMILES string of the molecule is CCN1C[C@]2(COC)CC[C@H](OC(=O)CCl)[C@@]34[C@@H]5C[C@H]6[C@H](OC(C)=O)[C@@H]5[C@](O)(C[C@@H]6OC)[C@@](O)([C@@H](OC)[C@H]23)[C@@H]14. The van der Waals surface area contributed by atoms with Gasteiger partial charge in [0.15, 0.2) is 0 Å². The third-order valence-electron chi connectivity index (χ3n) is 11.9. The highest BCUT2D eigenvalue weighted by molar-refractivity contribution is 6.26. The van der Waals surface area contributed by atoms with Crippen LogP contribution in [0, 0.1) is 34.5 Å². The zero-order chi connectivity index (χ0) is 28.1. The Labute approximate surface area is 234 Å². The number of ether oxygens (including phenoxy) is 5. The van der Waals surface area contributed by atoms with Gasteiger partial charge in [-0.15, -0.1) is 11.6 Å². The Bertz CT molecular complexity index is 1030. The summed E-state index contributed by atoms with van der Waals surface area (Å²) in [6.45, 7) is 5.17. The first kappa shape index (κ1) is 28.1. The number of piperidine rings is 1. The van der Waals surface area contributed by atoms with Crippen LogP contribution in [0.4, 0.5) is 0 Å². The second-order valence-corrected chi connectivity index (χ2v) is 13.1. The number of likely N-dealkylation sites (tertiary alicyclic amines) is 1. The lowest BCUT2D eigenvalue weighted by atomic mass is 9.42. The number of fused-ring (bicyclic) bond motifs is 2. The van der Waals surface area contributed by atoms with Crippen LogP contribution in [-0.2, 0) is 33.3 Å². The van der Waals surface area contributed by atoms with E-state index < -0.39 is 70.3 Å². The van der Waals surface area contributed by atoms with Gasteiger partial charge in [0.1, 0.15) is 29.3 Å². The molecule has 7 bridgehead atoms. The van der Waals surface area contributed by atoms with E-state index in [2.05, 4.69) is 11.8 Å². The molecule has 0 radical (unpaired) electrons. The number of carbonyl (C=O) groups excluding carboxylic acids is 2. The number of nitrogens with zero attached hydrogens (tertiary/aromatic N) is 1. The lowest BCUT2D eigenvalue weighted by molar-refractivity contribution is -0.318. The molecule has 0 amide bonds. The van der Waals surface area contributed by atoms with Crippen molar-refractivity contribution in [2.45, 2.75) is 81.2 Å². The second kappa shape index (κ2) is 9.24. The van der Waals surface area contributed by atoms with Crippen molar-refractivity contribution in [3.05, 3.63) is 0 Å². The highest BCUT2D eigenvalue weighted by Crippen LogP contribution is 2.80. The Morgan fingerprint density at radius 3 is 2.46 bits per heavy atom. The summed E-state index contributed by atoms with van der Waals surface area (Å²) in [5.74, 6) is -2.45. The molecule has 1 aliphatic heterocycles. The molecule has 1 spiro atoms. The van der Waals surface area contributed by atoms with Crippen molar-refractivity contribution in [3.8, 4) is 0 Å². The summed E-state index contributed by atoms with van der Waals surface area (Å²) < 4.78 is 30.3. The van der Waals surface area contributed by atoms with E-state index in [0.717, 1.165) is 0 Å². The number of rotatable bonds is 8. The van der Waals surface area contributed by atoms with Crippen LogP contribution < -0.4 is 0 Å². The van der Waals surface area contributed by atoms with Gasteiger partial charge in [-0.2, -0.15) is 0 Å². The Morgan fingerprint density at radius 2 is 1.87 bits per heavy atom. The molecule has 0 aromatic heterocycles. The summed E-state index contributed by atoms with van der Waals surface area (Å²) in [6, 6.07) is -0.554. The van der Waals surface area contributed by atoms with Crippen molar-refractivity contribution in [1.82, 2.24) is 4.90 Å². The number of likely N-dealkylation sites (N-methyl/N-ethyl adjacent to an activating group) is 1. The molecule has 11 heteroatoms. The molecule has 0 aromatic carbocycles. The van der Waals surface area contributed by atoms with Crippen molar-refractivity contribution in [1.29, 1.82) is 0 Å². The fourth-order valence-corrected chi connectivity index (χ4v) is 11.4. The van der Waals surface area contributed by atoms with Crippen LogP contribution in [-0.4, -0.2) is 116 Å². The fraction of sp³-hybridized carbons (Fsp3) is 0.929. The van der Waals surface area contributed by atoms with Gasteiger partial charge in [-0.05, 0) is 31.7 Å². The molecule has 220 valence electrons. The van der Waals surface area contributed by atoms with Gasteiger partial charge >= 0.3 is 11.9 Å². The van der Waals surface area contributed by atoms with Crippen LogP contribution in [0.15, 0.2) is 0 Å². The zero-order valence-corrected chi connectivity index (χ0v) is 24.2. The summed E-state index contributed by atoms with van der Waals surface area (Å²) >= 11 is 5.96. The minimum Gasteiger partial charge on any atom is -0.462 e. The van der Waals surface area contributed by atoms with Gasteiger partial charge < -0.3 is 33.9 Å². The van der Waals surface area contributed by atoms with Gasteiger partial charge in [-0.3, -0.25) is 14.5 Å². The van der Waals surface area contributed by atoms with Crippen LogP contribution in [0.3, 0.4) is 0 Å². The van der Waals surface area contributed by atoms with Gasteiger partial charge in [0, 0.05) is 69.8 Å². The Balaban J connectivity index is 1.66. The molecule has 5 saturated carbocycles. The summed E-state index contributed by atoms with van der Waals surface area (Å²) in [5.41, 5.74) is -4.60. The van der Waals surface area contributed by atoms with Gasteiger partial charge in [-0.25, -0.2) is 0 Å². The van der Waals surface area contributed by atoms with Crippen molar-refractivity contribution < 1.29 is 43.5 Å². The van der Waals surface area contributed by atoms with E-state index in [4.69, 9.17) is 35.3 Å². The number of halogens is 1. The van der Waals surface area contributed by atoms with Crippen molar-refractivity contribution >= 4 is 23.5 Å². The average molecular weight is 572 g/mol. The maximum Gasteiger partial charge on any atom is 0.321 e. The maximum absolute atomic E-state index is 13.2. The number of hydrogen-bond donors (Lipinski definition) is 2. The molecule has 10 nitrogen and oxygen atoms in total. The highest BCUT2D eigenvalue weighted by atomic mass is 35.5. The minimum absolute atomic E-state index is 0.161. The third-order valence-corrected chi connectivity index (χ3v) is 12.1. The summed E-state index contributed by atoms with van der Waals surface area (Å²) in [6.07, 6.45) is -0.297. The number of hydrogen-bond acceptors (Lipinski definition) is 10. The van der Waals surface area contributed by atoms with E-state index in [0.29, 0.717) is 39.0 Å².